The Morgan fingerprint density at radius 2 is 2.17 bits per heavy atom. The topological polar surface area (TPSA) is 58.4 Å². The molecule has 1 aliphatic rings. The Morgan fingerprint density at radius 3 is 2.83 bits per heavy atom. The molecular weight excluding hydrogens is 226 g/mol. The molecule has 0 radical (unpaired) electrons. The molecule has 0 saturated carbocycles. The van der Waals surface area contributed by atoms with Gasteiger partial charge >= 0.3 is 0 Å². The van der Waals surface area contributed by atoms with Crippen LogP contribution in [0, 0.1) is 5.92 Å². The Balaban J connectivity index is 2.02. The minimum atomic E-state index is -0.0606. The third-order valence-electron chi connectivity index (χ3n) is 3.63. The molecule has 98 valence electrons. The summed E-state index contributed by atoms with van der Waals surface area (Å²) >= 11 is 0. The van der Waals surface area contributed by atoms with E-state index >= 15 is 0 Å². The van der Waals surface area contributed by atoms with Crippen molar-refractivity contribution in [3.63, 3.8) is 0 Å². The van der Waals surface area contributed by atoms with Gasteiger partial charge in [-0.05, 0) is 38.1 Å². The van der Waals surface area contributed by atoms with Crippen molar-refractivity contribution in [2.75, 3.05) is 25.9 Å². The van der Waals surface area contributed by atoms with Crippen LogP contribution in [0.4, 0.5) is 5.69 Å². The number of nitrogens with zero attached hydrogens (tertiary/aromatic N) is 1. The number of carbonyl (C=O) groups is 1. The number of nitrogens with two attached hydrogens (primary N) is 1. The van der Waals surface area contributed by atoms with Crippen LogP contribution in [-0.4, -0.2) is 37.0 Å². The molecule has 2 unspecified atom stereocenters. The van der Waals surface area contributed by atoms with Crippen molar-refractivity contribution >= 4 is 11.6 Å². The zero-order valence-corrected chi connectivity index (χ0v) is 11.0. The van der Waals surface area contributed by atoms with Crippen molar-refractivity contribution in [3.8, 4) is 0 Å². The highest BCUT2D eigenvalue weighted by atomic mass is 16.1. The normalized spacial score (nSPS) is 24.8. The number of para-hydroxylation sites is 1. The third kappa shape index (κ3) is 2.82. The van der Waals surface area contributed by atoms with E-state index in [9.17, 15) is 4.79 Å². The molecule has 2 atom stereocenters. The zero-order chi connectivity index (χ0) is 13.1. The molecule has 1 heterocycles. The van der Waals surface area contributed by atoms with Crippen molar-refractivity contribution in [1.82, 2.24) is 10.2 Å². The molecule has 0 spiro atoms. The van der Waals surface area contributed by atoms with E-state index in [1.807, 2.05) is 12.1 Å². The Morgan fingerprint density at radius 1 is 1.44 bits per heavy atom. The lowest BCUT2D eigenvalue weighted by Gasteiger charge is -2.35. The van der Waals surface area contributed by atoms with Gasteiger partial charge in [0.05, 0.1) is 5.56 Å². The summed E-state index contributed by atoms with van der Waals surface area (Å²) in [5.41, 5.74) is 6.92. The molecule has 4 nitrogen and oxygen atoms in total. The van der Waals surface area contributed by atoms with Crippen LogP contribution in [-0.2, 0) is 0 Å². The van der Waals surface area contributed by atoms with Crippen LogP contribution in [0.3, 0.4) is 0 Å². The fourth-order valence-corrected chi connectivity index (χ4v) is 2.52. The van der Waals surface area contributed by atoms with Gasteiger partial charge in [-0.25, -0.2) is 0 Å². The van der Waals surface area contributed by atoms with Gasteiger partial charge in [0.15, 0.2) is 0 Å². The highest BCUT2D eigenvalue weighted by molar-refractivity contribution is 5.99. The van der Waals surface area contributed by atoms with E-state index in [2.05, 4.69) is 24.2 Å². The number of nitrogens with one attached hydrogen (secondary N) is 1. The van der Waals surface area contributed by atoms with Gasteiger partial charge in [-0.1, -0.05) is 19.1 Å². The van der Waals surface area contributed by atoms with Crippen LogP contribution in [0.15, 0.2) is 24.3 Å². The van der Waals surface area contributed by atoms with Crippen molar-refractivity contribution in [2.45, 2.75) is 19.4 Å². The van der Waals surface area contributed by atoms with Crippen LogP contribution in [0.2, 0.25) is 0 Å². The van der Waals surface area contributed by atoms with Gasteiger partial charge in [-0.2, -0.15) is 0 Å². The fraction of sp³-hybridized carbons (Fsp3) is 0.500. The number of carbonyl (C=O) groups excluding carboxylic acids is 1. The number of rotatable bonds is 2. The summed E-state index contributed by atoms with van der Waals surface area (Å²) in [6, 6.07) is 7.44. The SMILES string of the molecule is CC1CN(C)CCC1NC(=O)c1ccccc1N. The van der Waals surface area contributed by atoms with E-state index in [0.29, 0.717) is 17.2 Å². The predicted molar refractivity (Wildman–Crippen MR) is 73.4 cm³/mol. The van der Waals surface area contributed by atoms with Crippen LogP contribution < -0.4 is 11.1 Å². The van der Waals surface area contributed by atoms with Crippen LogP contribution >= 0.6 is 0 Å². The van der Waals surface area contributed by atoms with Gasteiger partial charge < -0.3 is 16.0 Å². The second-order valence-corrected chi connectivity index (χ2v) is 5.20. The Hall–Kier alpha value is -1.55. The average Bonchev–Trinajstić information content (AvgIpc) is 2.33. The van der Waals surface area contributed by atoms with Gasteiger partial charge in [-0.15, -0.1) is 0 Å². The summed E-state index contributed by atoms with van der Waals surface area (Å²) < 4.78 is 0. The molecule has 0 aliphatic carbocycles. The van der Waals surface area contributed by atoms with Crippen molar-refractivity contribution < 1.29 is 4.79 Å². The number of anilines is 1. The summed E-state index contributed by atoms with van der Waals surface area (Å²) in [6.45, 7) is 4.23. The number of piperidine rings is 1. The van der Waals surface area contributed by atoms with Crippen molar-refractivity contribution in [2.24, 2.45) is 5.92 Å². The second-order valence-electron chi connectivity index (χ2n) is 5.20. The van der Waals surface area contributed by atoms with Gasteiger partial charge in [0.25, 0.3) is 5.91 Å². The first-order valence-electron chi connectivity index (χ1n) is 6.42. The maximum atomic E-state index is 12.2. The van der Waals surface area contributed by atoms with E-state index in [0.717, 1.165) is 19.5 Å². The van der Waals surface area contributed by atoms with E-state index < -0.39 is 0 Å². The Kier molecular flexibility index (Phi) is 3.87. The first-order chi connectivity index (χ1) is 8.58. The molecule has 18 heavy (non-hydrogen) atoms. The molecule has 2 rings (SSSR count). The fourth-order valence-electron chi connectivity index (χ4n) is 2.52. The molecule has 1 amide bonds. The van der Waals surface area contributed by atoms with Crippen LogP contribution in [0.1, 0.15) is 23.7 Å². The van der Waals surface area contributed by atoms with Crippen LogP contribution in [0.25, 0.3) is 0 Å². The maximum Gasteiger partial charge on any atom is 0.253 e. The standard InChI is InChI=1S/C14H21N3O/c1-10-9-17(2)8-7-13(10)16-14(18)11-5-3-4-6-12(11)15/h3-6,10,13H,7-9,15H2,1-2H3,(H,16,18). The lowest BCUT2D eigenvalue weighted by atomic mass is 9.94. The van der Waals surface area contributed by atoms with E-state index in [1.54, 1.807) is 12.1 Å². The summed E-state index contributed by atoms with van der Waals surface area (Å²) in [6.07, 6.45) is 0.996. The largest absolute Gasteiger partial charge is 0.398 e. The molecule has 0 aromatic heterocycles. The van der Waals surface area contributed by atoms with Gasteiger partial charge in [0, 0.05) is 18.3 Å². The molecule has 1 saturated heterocycles. The summed E-state index contributed by atoms with van der Waals surface area (Å²) in [4.78, 5) is 14.5. The second kappa shape index (κ2) is 5.40. The van der Waals surface area contributed by atoms with Gasteiger partial charge in [0.2, 0.25) is 0 Å². The molecule has 1 aromatic rings. The number of amides is 1. The summed E-state index contributed by atoms with van der Waals surface area (Å²) in [5.74, 6) is 0.409. The monoisotopic (exact) mass is 247 g/mol. The van der Waals surface area contributed by atoms with Crippen molar-refractivity contribution in [1.29, 1.82) is 0 Å². The molecule has 1 aromatic carbocycles. The highest BCUT2D eigenvalue weighted by Gasteiger charge is 2.26. The number of nitrogen functional groups attached to an aromatic ring is 1. The van der Waals surface area contributed by atoms with E-state index in [1.165, 1.54) is 0 Å². The maximum absolute atomic E-state index is 12.2. The van der Waals surface area contributed by atoms with E-state index in [-0.39, 0.29) is 11.9 Å². The third-order valence-corrected chi connectivity index (χ3v) is 3.63. The lowest BCUT2D eigenvalue weighted by molar-refractivity contribution is 0.0885. The quantitative estimate of drug-likeness (QED) is 0.775. The van der Waals surface area contributed by atoms with Crippen molar-refractivity contribution in [3.05, 3.63) is 29.8 Å². The van der Waals surface area contributed by atoms with Gasteiger partial charge in [0.1, 0.15) is 0 Å². The highest BCUT2D eigenvalue weighted by Crippen LogP contribution is 2.17. The van der Waals surface area contributed by atoms with E-state index in [4.69, 9.17) is 5.73 Å². The first-order valence-corrected chi connectivity index (χ1v) is 6.42. The molecule has 4 heteroatoms. The summed E-state index contributed by atoms with van der Waals surface area (Å²) in [5, 5.41) is 3.10. The van der Waals surface area contributed by atoms with Gasteiger partial charge in [-0.3, -0.25) is 4.79 Å². The Labute approximate surface area is 108 Å². The molecule has 1 fully saturated rings. The number of hydrogen-bond donors (Lipinski definition) is 2. The minimum Gasteiger partial charge on any atom is -0.398 e. The number of benzene rings is 1. The smallest absolute Gasteiger partial charge is 0.253 e. The number of hydrogen-bond acceptors (Lipinski definition) is 3. The first kappa shape index (κ1) is 12.9. The molecular formula is C14H21N3O. The lowest BCUT2D eigenvalue weighted by Crippen LogP contribution is -2.48. The molecule has 0 bridgehead atoms. The minimum absolute atomic E-state index is 0.0606. The number of likely N-dealkylation sites (tertiary alicyclic amines) is 1. The summed E-state index contributed by atoms with van der Waals surface area (Å²) in [7, 11) is 2.11. The molecule has 1 aliphatic heterocycles. The zero-order valence-electron chi connectivity index (χ0n) is 11.0. The molecule has 3 N–H and O–H groups in total. The van der Waals surface area contributed by atoms with Crippen LogP contribution in [0.5, 0.6) is 0 Å². The Bertz CT molecular complexity index is 433. The predicted octanol–water partition coefficient (Wildman–Crippen LogP) is 1.34. The average molecular weight is 247 g/mol.